The summed E-state index contributed by atoms with van der Waals surface area (Å²) in [5.41, 5.74) is 8.07. The van der Waals surface area contributed by atoms with Gasteiger partial charge in [-0.1, -0.05) is 12.1 Å². The third-order valence-electron chi connectivity index (χ3n) is 8.30. The summed E-state index contributed by atoms with van der Waals surface area (Å²) in [6.07, 6.45) is 2.55. The number of nitriles is 1. The van der Waals surface area contributed by atoms with Gasteiger partial charge >= 0.3 is 5.97 Å². The van der Waals surface area contributed by atoms with Gasteiger partial charge in [0.25, 0.3) is 0 Å². The molecule has 0 spiro atoms. The van der Waals surface area contributed by atoms with Gasteiger partial charge in [0.1, 0.15) is 23.4 Å². The summed E-state index contributed by atoms with van der Waals surface area (Å²) in [5, 5.41) is 19.2. The van der Waals surface area contributed by atoms with Crippen LogP contribution >= 0.6 is 0 Å². The van der Waals surface area contributed by atoms with Gasteiger partial charge in [-0.2, -0.15) is 5.26 Å². The number of fused-ring (bicyclic) bond motifs is 2. The predicted octanol–water partition coefficient (Wildman–Crippen LogP) is 6.27. The van der Waals surface area contributed by atoms with Crippen molar-refractivity contribution in [2.24, 2.45) is 5.92 Å². The zero-order valence-electron chi connectivity index (χ0n) is 22.9. The number of aryl methyl sites for hydroxylation is 2. The predicted molar refractivity (Wildman–Crippen MR) is 149 cm³/mol. The Morgan fingerprint density at radius 2 is 1.82 bits per heavy atom. The molecule has 3 aromatic carbocycles. The zero-order chi connectivity index (χ0) is 27.8. The molecule has 2 aliphatic heterocycles. The smallest absolute Gasteiger partial charge is 0.304 e. The highest BCUT2D eigenvalue weighted by Crippen LogP contribution is 2.45. The third-order valence-corrected chi connectivity index (χ3v) is 8.30. The first-order chi connectivity index (χ1) is 19.4. The number of ether oxygens (including phenoxy) is 4. The van der Waals surface area contributed by atoms with Crippen molar-refractivity contribution in [3.8, 4) is 34.4 Å². The number of hydrogen-bond acceptors (Lipinski definition) is 6. The normalized spacial score (nSPS) is 20.9. The van der Waals surface area contributed by atoms with E-state index in [-0.39, 0.29) is 18.4 Å². The van der Waals surface area contributed by atoms with Crippen LogP contribution in [0.1, 0.15) is 64.7 Å². The van der Waals surface area contributed by atoms with Crippen LogP contribution in [0.25, 0.3) is 11.1 Å². The van der Waals surface area contributed by atoms with Gasteiger partial charge in [0.05, 0.1) is 37.9 Å². The molecule has 1 saturated heterocycles. The first kappa shape index (κ1) is 26.2. The molecule has 3 aliphatic rings. The van der Waals surface area contributed by atoms with Crippen molar-refractivity contribution >= 4 is 5.97 Å². The average molecular weight is 540 g/mol. The van der Waals surface area contributed by atoms with E-state index >= 15 is 0 Å². The van der Waals surface area contributed by atoms with Crippen LogP contribution in [0.5, 0.6) is 17.2 Å². The van der Waals surface area contributed by atoms with Crippen LogP contribution in [0.15, 0.2) is 42.5 Å². The molecule has 3 aromatic rings. The number of carbonyl (C=O) groups is 1. The Morgan fingerprint density at radius 3 is 2.55 bits per heavy atom. The van der Waals surface area contributed by atoms with E-state index in [9.17, 15) is 15.2 Å². The van der Waals surface area contributed by atoms with E-state index in [2.05, 4.69) is 32.0 Å². The van der Waals surface area contributed by atoms with E-state index < -0.39 is 5.97 Å². The Hall–Kier alpha value is -4.02. The lowest BCUT2D eigenvalue weighted by atomic mass is 9.87. The molecule has 0 radical (unpaired) electrons. The minimum atomic E-state index is -0.830. The maximum Gasteiger partial charge on any atom is 0.304 e. The zero-order valence-corrected chi connectivity index (χ0v) is 22.9. The quantitative estimate of drug-likeness (QED) is 0.360. The lowest BCUT2D eigenvalue weighted by Gasteiger charge is -2.20. The molecule has 7 nitrogen and oxygen atoms in total. The highest BCUT2D eigenvalue weighted by Gasteiger charge is 2.31. The van der Waals surface area contributed by atoms with Gasteiger partial charge in [0, 0.05) is 35.6 Å². The van der Waals surface area contributed by atoms with Crippen LogP contribution < -0.4 is 14.2 Å². The van der Waals surface area contributed by atoms with Gasteiger partial charge in [-0.05, 0) is 85.2 Å². The van der Waals surface area contributed by atoms with Gasteiger partial charge in [0.15, 0.2) is 0 Å². The molecule has 0 bridgehead atoms. The first-order valence-electron chi connectivity index (χ1n) is 13.9. The molecule has 7 heteroatoms. The molecule has 3 atom stereocenters. The van der Waals surface area contributed by atoms with Crippen molar-refractivity contribution < 1.29 is 28.8 Å². The molecular weight excluding hydrogens is 506 g/mol. The van der Waals surface area contributed by atoms with Gasteiger partial charge in [-0.25, -0.2) is 0 Å². The maximum absolute atomic E-state index is 11.2. The van der Waals surface area contributed by atoms with Crippen LogP contribution in [0.4, 0.5) is 0 Å². The monoisotopic (exact) mass is 539 g/mol. The Bertz CT molecular complexity index is 1480. The van der Waals surface area contributed by atoms with E-state index in [1.54, 1.807) is 0 Å². The lowest BCUT2D eigenvalue weighted by molar-refractivity contribution is -0.137. The first-order valence-corrected chi connectivity index (χ1v) is 13.9. The fourth-order valence-electron chi connectivity index (χ4n) is 6.37. The van der Waals surface area contributed by atoms with E-state index in [4.69, 9.17) is 18.9 Å². The standard InChI is InChI=1S/C33H33NO6/c1-19-11-25(38-17-21-9-10-37-16-21)12-20(2)32(19)33-22(15-34)3-5-27-28(33)7-8-29(27)40-24-4-6-26-23(13-31(35)36)18-39-30(26)14-24/h3-6,11-12,14,21,23,29H,7-10,13,16-18H2,1-2H3,(H,35,36)/t21?,23-,29-/m1/s1. The number of benzene rings is 3. The SMILES string of the molecule is Cc1cc(OCC2CCOC2)cc(C)c1-c1c(C#N)ccc2c1CC[C@H]2Oc1ccc2c(c1)OC[C@H]2CC(=O)O. The summed E-state index contributed by atoms with van der Waals surface area (Å²) in [4.78, 5) is 11.2. The molecule has 206 valence electrons. The Labute approximate surface area is 234 Å². The molecule has 0 aromatic heterocycles. The summed E-state index contributed by atoms with van der Waals surface area (Å²) in [5.74, 6) is 1.70. The summed E-state index contributed by atoms with van der Waals surface area (Å²) in [7, 11) is 0. The molecule has 1 aliphatic carbocycles. The summed E-state index contributed by atoms with van der Waals surface area (Å²) >= 11 is 0. The fourth-order valence-corrected chi connectivity index (χ4v) is 6.37. The number of rotatable bonds is 8. The largest absolute Gasteiger partial charge is 0.493 e. The van der Waals surface area contributed by atoms with Gasteiger partial charge in [-0.15, -0.1) is 0 Å². The third kappa shape index (κ3) is 5.00. The van der Waals surface area contributed by atoms with E-state index in [1.807, 2.05) is 30.3 Å². The van der Waals surface area contributed by atoms with E-state index in [0.29, 0.717) is 36.2 Å². The van der Waals surface area contributed by atoms with Crippen molar-refractivity contribution in [1.82, 2.24) is 0 Å². The number of nitrogens with zero attached hydrogens (tertiary/aromatic N) is 1. The average Bonchev–Trinajstić information content (AvgIpc) is 3.68. The fraction of sp³-hybridized carbons (Fsp3) is 0.394. The van der Waals surface area contributed by atoms with Crippen molar-refractivity contribution in [1.29, 1.82) is 5.26 Å². The second-order valence-electron chi connectivity index (χ2n) is 11.1. The second kappa shape index (κ2) is 10.9. The molecule has 2 heterocycles. The van der Waals surface area contributed by atoms with Crippen molar-refractivity contribution in [2.75, 3.05) is 26.4 Å². The summed E-state index contributed by atoms with van der Waals surface area (Å²) < 4.78 is 23.8. The maximum atomic E-state index is 11.2. The molecule has 1 unspecified atom stereocenters. The van der Waals surface area contributed by atoms with Crippen LogP contribution in [0.3, 0.4) is 0 Å². The lowest BCUT2D eigenvalue weighted by Crippen LogP contribution is -2.12. The molecule has 1 fully saturated rings. The second-order valence-corrected chi connectivity index (χ2v) is 11.1. The van der Waals surface area contributed by atoms with E-state index in [0.717, 1.165) is 77.2 Å². The van der Waals surface area contributed by atoms with Crippen molar-refractivity contribution in [3.05, 3.63) is 75.8 Å². The van der Waals surface area contributed by atoms with Crippen LogP contribution in [0, 0.1) is 31.1 Å². The summed E-state index contributed by atoms with van der Waals surface area (Å²) in [6.45, 7) is 6.74. The highest BCUT2D eigenvalue weighted by molar-refractivity contribution is 5.81. The molecule has 6 rings (SSSR count). The molecule has 1 N–H and O–H groups in total. The molecular formula is C33H33NO6. The minimum Gasteiger partial charge on any atom is -0.493 e. The Kier molecular flexibility index (Phi) is 7.12. The van der Waals surface area contributed by atoms with E-state index in [1.165, 1.54) is 0 Å². The number of hydrogen-bond donors (Lipinski definition) is 1. The van der Waals surface area contributed by atoms with Crippen LogP contribution in [0.2, 0.25) is 0 Å². The molecule has 40 heavy (non-hydrogen) atoms. The number of carboxylic acids is 1. The van der Waals surface area contributed by atoms with Crippen LogP contribution in [-0.4, -0.2) is 37.5 Å². The number of carboxylic acid groups (broad SMARTS) is 1. The van der Waals surface area contributed by atoms with Crippen LogP contribution in [-0.2, 0) is 16.0 Å². The van der Waals surface area contributed by atoms with Crippen molar-refractivity contribution in [2.45, 2.75) is 51.6 Å². The minimum absolute atomic E-state index is 0.0502. The Morgan fingerprint density at radius 1 is 1.02 bits per heavy atom. The summed E-state index contributed by atoms with van der Waals surface area (Å²) in [6, 6.07) is 16.2. The number of aliphatic carboxylic acids is 1. The van der Waals surface area contributed by atoms with Gasteiger partial charge in [-0.3, -0.25) is 4.79 Å². The molecule has 0 amide bonds. The van der Waals surface area contributed by atoms with Gasteiger partial charge in [0.2, 0.25) is 0 Å². The highest BCUT2D eigenvalue weighted by atomic mass is 16.5. The molecule has 0 saturated carbocycles. The van der Waals surface area contributed by atoms with Crippen molar-refractivity contribution in [3.63, 3.8) is 0 Å². The Balaban J connectivity index is 1.26. The topological polar surface area (TPSA) is 98.0 Å². The van der Waals surface area contributed by atoms with Gasteiger partial charge < -0.3 is 24.1 Å².